The average molecular weight is 608 g/mol. The Balaban J connectivity index is 1.84. The zero-order valence-electron chi connectivity index (χ0n) is 21.9. The van der Waals surface area contributed by atoms with Gasteiger partial charge in [-0.05, 0) is 64.2 Å². The van der Waals surface area contributed by atoms with Crippen LogP contribution in [0.4, 0.5) is 29.3 Å². The summed E-state index contributed by atoms with van der Waals surface area (Å²) in [4.78, 5) is 23.9. The maximum absolute atomic E-state index is 13.9. The van der Waals surface area contributed by atoms with Crippen molar-refractivity contribution in [3.8, 4) is 5.75 Å². The van der Waals surface area contributed by atoms with Gasteiger partial charge in [0.1, 0.15) is 22.3 Å². The van der Waals surface area contributed by atoms with Gasteiger partial charge in [-0.1, -0.05) is 11.6 Å². The summed E-state index contributed by atoms with van der Waals surface area (Å²) in [5.41, 5.74) is 2.10. The van der Waals surface area contributed by atoms with E-state index in [4.69, 9.17) is 22.1 Å². The number of carboxylic acid groups (broad SMARTS) is 1. The number of hydrogen-bond acceptors (Lipinski definition) is 6. The quantitative estimate of drug-likeness (QED) is 0.433. The maximum atomic E-state index is 13.9. The number of aryl methyl sites for hydroxylation is 1. The smallest absolute Gasteiger partial charge is 0.412 e. The third-order valence-corrected chi connectivity index (χ3v) is 9.40. The molecule has 1 aliphatic carbocycles. The summed E-state index contributed by atoms with van der Waals surface area (Å²) in [5.74, 6) is -1.07. The highest BCUT2D eigenvalue weighted by atomic mass is 35.5. The van der Waals surface area contributed by atoms with Crippen LogP contribution >= 0.6 is 11.6 Å². The molecule has 220 valence electrons. The Bertz CT molecular complexity index is 1430. The summed E-state index contributed by atoms with van der Waals surface area (Å²) in [6, 6.07) is 3.31. The summed E-state index contributed by atoms with van der Waals surface area (Å²) >= 11 is 6.16. The number of alkyl halides is 3. The number of anilines is 2. The minimum atomic E-state index is -4.95. The fraction of sp³-hybridized carbons (Fsp3) is 0.542. The number of ether oxygens (including phenoxy) is 1. The van der Waals surface area contributed by atoms with E-state index in [1.807, 2.05) is 0 Å². The first kappa shape index (κ1) is 29.8. The lowest BCUT2D eigenvalue weighted by Gasteiger charge is -2.40. The van der Waals surface area contributed by atoms with Gasteiger partial charge in [0.25, 0.3) is 10.0 Å². The lowest BCUT2D eigenvalue weighted by molar-refractivity contribution is -0.175. The van der Waals surface area contributed by atoms with Crippen LogP contribution in [-0.2, 0) is 21.4 Å². The molecular weight excluding hydrogens is 579 g/mol. The Morgan fingerprint density at radius 2 is 1.95 bits per heavy atom. The lowest BCUT2D eigenvalue weighted by atomic mass is 9.95. The van der Waals surface area contributed by atoms with Gasteiger partial charge < -0.3 is 15.6 Å². The SMILES string of the molecule is CCn1cc(S(=O)(=O)N2C[C@H](C[C@@H](C(N)=O)C3CC3)Oc3ccc(N(C(=O)O)C(C)(C)C(F)(F)F)cc32)c(Cl)n1. The van der Waals surface area contributed by atoms with Gasteiger partial charge in [-0.2, -0.15) is 18.3 Å². The number of rotatable bonds is 9. The van der Waals surface area contributed by atoms with E-state index >= 15 is 0 Å². The Hall–Kier alpha value is -3.20. The van der Waals surface area contributed by atoms with E-state index in [0.717, 1.165) is 29.3 Å². The van der Waals surface area contributed by atoms with Crippen LogP contribution in [0.2, 0.25) is 5.15 Å². The van der Waals surface area contributed by atoms with Gasteiger partial charge in [-0.15, -0.1) is 0 Å². The first-order chi connectivity index (χ1) is 18.5. The highest BCUT2D eigenvalue weighted by Crippen LogP contribution is 2.46. The monoisotopic (exact) mass is 607 g/mol. The molecule has 2 aromatic rings. The molecule has 1 fully saturated rings. The minimum absolute atomic E-state index is 0.0308. The number of primary amides is 1. The van der Waals surface area contributed by atoms with Crippen molar-refractivity contribution in [3.63, 3.8) is 0 Å². The topological polar surface area (TPSA) is 148 Å². The normalized spacial score (nSPS) is 18.6. The van der Waals surface area contributed by atoms with E-state index in [0.29, 0.717) is 20.4 Å². The second-order valence-electron chi connectivity index (χ2n) is 10.3. The molecule has 16 heteroatoms. The van der Waals surface area contributed by atoms with Crippen LogP contribution in [0.5, 0.6) is 5.75 Å². The van der Waals surface area contributed by atoms with Crippen LogP contribution in [-0.4, -0.2) is 59.7 Å². The number of nitrogens with two attached hydrogens (primary N) is 1. The molecule has 2 amide bonds. The molecule has 4 rings (SSSR count). The number of nitrogens with zero attached hydrogens (tertiary/aromatic N) is 4. The summed E-state index contributed by atoms with van der Waals surface area (Å²) in [7, 11) is -4.48. The van der Waals surface area contributed by atoms with Crippen LogP contribution in [0.15, 0.2) is 29.3 Å². The van der Waals surface area contributed by atoms with Crippen molar-refractivity contribution in [3.05, 3.63) is 29.5 Å². The van der Waals surface area contributed by atoms with E-state index in [2.05, 4.69) is 5.10 Å². The number of sulfonamides is 1. The van der Waals surface area contributed by atoms with Gasteiger partial charge in [0.05, 0.1) is 17.9 Å². The zero-order valence-corrected chi connectivity index (χ0v) is 23.4. The number of fused-ring (bicyclic) bond motifs is 1. The average Bonchev–Trinajstić information content (AvgIpc) is 3.61. The van der Waals surface area contributed by atoms with E-state index in [1.54, 1.807) is 6.92 Å². The predicted molar refractivity (Wildman–Crippen MR) is 139 cm³/mol. The number of hydrogen-bond donors (Lipinski definition) is 2. The van der Waals surface area contributed by atoms with E-state index in [1.165, 1.54) is 16.9 Å². The Labute approximate surface area is 233 Å². The van der Waals surface area contributed by atoms with Gasteiger partial charge in [0, 0.05) is 18.7 Å². The minimum Gasteiger partial charge on any atom is -0.486 e. The molecule has 1 aromatic carbocycles. The molecule has 0 unspecified atom stereocenters. The van der Waals surface area contributed by atoms with Gasteiger partial charge in [0.15, 0.2) is 5.15 Å². The van der Waals surface area contributed by atoms with Crippen molar-refractivity contribution in [2.75, 3.05) is 15.7 Å². The standard InChI is InChI=1S/C24H29ClF3N5O6S/c1-4-31-12-19(20(25)30-31)40(37,38)32-11-15(10-16(21(29)34)13-5-6-13)39-18-8-7-14(9-17(18)32)33(22(35)36)23(2,3)24(26,27)28/h7-9,12-13,15-16H,4-6,10-11H2,1-3H3,(H2,29,34)(H,35,36)/t15-,16+/m0/s1. The molecule has 3 N–H and O–H groups in total. The van der Waals surface area contributed by atoms with Crippen molar-refractivity contribution in [2.24, 2.45) is 17.6 Å². The summed E-state index contributed by atoms with van der Waals surface area (Å²) in [5, 5.41) is 13.4. The molecule has 0 radical (unpaired) electrons. The Morgan fingerprint density at radius 3 is 2.45 bits per heavy atom. The number of benzene rings is 1. The van der Waals surface area contributed by atoms with Crippen molar-refractivity contribution in [2.45, 2.75) is 69.3 Å². The van der Waals surface area contributed by atoms with Crippen LogP contribution in [0.3, 0.4) is 0 Å². The predicted octanol–water partition coefficient (Wildman–Crippen LogP) is 4.24. The third kappa shape index (κ3) is 5.40. The fourth-order valence-corrected chi connectivity index (χ4v) is 6.69. The summed E-state index contributed by atoms with van der Waals surface area (Å²) < 4.78 is 77.6. The molecular formula is C24H29ClF3N5O6S. The highest BCUT2D eigenvalue weighted by Gasteiger charge is 2.54. The molecule has 1 aromatic heterocycles. The van der Waals surface area contributed by atoms with E-state index in [-0.39, 0.29) is 45.3 Å². The van der Waals surface area contributed by atoms with Crippen molar-refractivity contribution in [1.82, 2.24) is 9.78 Å². The van der Waals surface area contributed by atoms with Crippen molar-refractivity contribution >= 4 is 45.0 Å². The van der Waals surface area contributed by atoms with Crippen LogP contribution in [0.25, 0.3) is 0 Å². The Morgan fingerprint density at radius 1 is 1.30 bits per heavy atom. The number of aromatic nitrogens is 2. The van der Waals surface area contributed by atoms with Gasteiger partial charge in [0.2, 0.25) is 5.91 Å². The molecule has 11 nitrogen and oxygen atoms in total. The van der Waals surface area contributed by atoms with Gasteiger partial charge in [-0.25, -0.2) is 13.2 Å². The molecule has 2 heterocycles. The fourth-order valence-electron chi connectivity index (χ4n) is 4.74. The Kier molecular flexibility index (Phi) is 7.69. The number of carbonyl (C=O) groups is 2. The van der Waals surface area contributed by atoms with Crippen LogP contribution < -0.4 is 19.7 Å². The zero-order chi connectivity index (χ0) is 29.8. The van der Waals surface area contributed by atoms with E-state index in [9.17, 15) is 36.3 Å². The van der Waals surface area contributed by atoms with E-state index < -0.39 is 51.4 Å². The molecule has 2 aliphatic rings. The molecule has 1 saturated carbocycles. The largest absolute Gasteiger partial charge is 0.486 e. The molecule has 40 heavy (non-hydrogen) atoms. The number of halogens is 4. The first-order valence-corrected chi connectivity index (χ1v) is 14.3. The number of amides is 2. The van der Waals surface area contributed by atoms with Crippen LogP contribution in [0.1, 0.15) is 40.0 Å². The molecule has 2 atom stereocenters. The van der Waals surface area contributed by atoms with Crippen molar-refractivity contribution < 1.29 is 41.0 Å². The first-order valence-electron chi connectivity index (χ1n) is 12.4. The van der Waals surface area contributed by atoms with Crippen molar-refractivity contribution in [1.29, 1.82) is 0 Å². The highest BCUT2D eigenvalue weighted by molar-refractivity contribution is 7.93. The van der Waals surface area contributed by atoms with Gasteiger partial charge in [-0.3, -0.25) is 18.7 Å². The van der Waals surface area contributed by atoms with Gasteiger partial charge >= 0.3 is 12.3 Å². The third-order valence-electron chi connectivity index (χ3n) is 7.23. The maximum Gasteiger partial charge on any atom is 0.412 e. The molecule has 0 saturated heterocycles. The molecule has 0 spiro atoms. The summed E-state index contributed by atoms with van der Waals surface area (Å²) in [6.45, 7) is 3.09. The second kappa shape index (κ2) is 10.3. The lowest BCUT2D eigenvalue weighted by Crippen LogP contribution is -2.57. The number of carbonyl (C=O) groups excluding carboxylic acids is 1. The van der Waals surface area contributed by atoms with Crippen LogP contribution in [0, 0.1) is 11.8 Å². The summed E-state index contributed by atoms with van der Waals surface area (Å²) in [6.07, 6.45) is -4.76. The molecule has 1 aliphatic heterocycles. The molecule has 0 bridgehead atoms. The second-order valence-corrected chi connectivity index (χ2v) is 12.5.